The molecule has 13 heteroatoms. The van der Waals surface area contributed by atoms with Crippen molar-refractivity contribution in [2.24, 2.45) is 5.73 Å². The fourth-order valence-corrected chi connectivity index (χ4v) is 1.55. The van der Waals surface area contributed by atoms with E-state index in [2.05, 4.69) is 20.6 Å². The Balaban J connectivity index is 0.000000422. The molecule has 0 aromatic carbocycles. The molecule has 2 heterocycles. The molecule has 1 aromatic heterocycles. The van der Waals surface area contributed by atoms with E-state index in [1.54, 1.807) is 0 Å². The maximum atomic E-state index is 9.64. The number of aliphatic hydroxyl groups excluding tert-OH is 3. The fraction of sp³-hybridized carbons (Fsp3) is 0.556. The number of nitrogens with two attached hydrogens (primary N) is 1. The summed E-state index contributed by atoms with van der Waals surface area (Å²) in [5.74, 6) is 0.293. The molecule has 1 aliphatic heterocycles. The van der Waals surface area contributed by atoms with Gasteiger partial charge in [-0.25, -0.2) is 4.98 Å². The van der Waals surface area contributed by atoms with Gasteiger partial charge in [0.05, 0.1) is 18.0 Å². The van der Waals surface area contributed by atoms with Gasteiger partial charge < -0.3 is 20.6 Å². The van der Waals surface area contributed by atoms with E-state index in [9.17, 15) is 15.3 Å². The minimum Gasteiger partial charge on any atom is -0.390 e. The molecule has 9 N–H and O–H groups in total. The third-order valence-electron chi connectivity index (χ3n) is 2.47. The van der Waals surface area contributed by atoms with Gasteiger partial charge in [0, 0.05) is 0 Å². The summed E-state index contributed by atoms with van der Waals surface area (Å²) in [6.07, 6.45) is -2.43. The van der Waals surface area contributed by atoms with Crippen molar-refractivity contribution in [3.8, 4) is 0 Å². The van der Waals surface area contributed by atoms with Crippen molar-refractivity contribution in [1.29, 1.82) is 0 Å². The molecule has 0 spiro atoms. The number of fused-ring (bicyclic) bond motifs is 1. The molecule has 0 aliphatic carbocycles. The number of rotatable bonds is 2. The summed E-state index contributed by atoms with van der Waals surface area (Å²) in [6, 6.07) is 0. The normalized spacial score (nSPS) is 23.4. The summed E-state index contributed by atoms with van der Waals surface area (Å²) < 4.78 is 31.6. The molecule has 12 nitrogen and oxygen atoms in total. The molecule has 0 fully saturated rings. The highest BCUT2D eigenvalue weighted by Gasteiger charge is 2.26. The average molecular weight is 339 g/mol. The zero-order valence-corrected chi connectivity index (χ0v) is 12.1. The second kappa shape index (κ2) is 7.21. The second-order valence-electron chi connectivity index (χ2n) is 4.35. The van der Waals surface area contributed by atoms with Crippen molar-refractivity contribution < 1.29 is 32.8 Å². The highest BCUT2D eigenvalue weighted by molar-refractivity contribution is 7.79. The van der Waals surface area contributed by atoms with Gasteiger partial charge in [-0.05, 0) is 6.92 Å². The molecule has 126 valence electrons. The first-order chi connectivity index (χ1) is 9.99. The van der Waals surface area contributed by atoms with Crippen molar-refractivity contribution in [1.82, 2.24) is 15.3 Å². The largest absolute Gasteiger partial charge is 0.394 e. The third kappa shape index (κ3) is 5.74. The minimum atomic E-state index is -4.67. The van der Waals surface area contributed by atoms with Crippen molar-refractivity contribution in [3.05, 3.63) is 17.6 Å². The summed E-state index contributed by atoms with van der Waals surface area (Å²) in [5.41, 5.74) is 6.08. The van der Waals surface area contributed by atoms with E-state index in [4.69, 9.17) is 23.3 Å². The van der Waals surface area contributed by atoms with Crippen LogP contribution in [0, 0.1) is 0 Å². The van der Waals surface area contributed by atoms with Gasteiger partial charge in [0.1, 0.15) is 18.1 Å². The van der Waals surface area contributed by atoms with Gasteiger partial charge in [-0.2, -0.15) is 8.42 Å². The number of hydrogen-bond donors (Lipinski definition) is 8. The van der Waals surface area contributed by atoms with Crippen molar-refractivity contribution >= 4 is 16.2 Å². The number of aromatic nitrogens is 2. The standard InChI is InChI=1S/C9H15N5O3.H2O4S/c1-3(15)6(16)4-2-11-5-7(12-4)13-9(10)14-8(5)17;1-5(2,3)4/h2-3,6,8-9,14-17H,10H2,1H3,(H,12,13);(H2,1,2,3,4). The summed E-state index contributed by atoms with van der Waals surface area (Å²) in [4.78, 5) is 8.05. The molecule has 2 rings (SSSR count). The Bertz CT molecular complexity index is 602. The second-order valence-corrected chi connectivity index (χ2v) is 5.25. The van der Waals surface area contributed by atoms with Gasteiger partial charge in [0.15, 0.2) is 12.0 Å². The third-order valence-corrected chi connectivity index (χ3v) is 2.47. The van der Waals surface area contributed by atoms with Gasteiger partial charge in [0.2, 0.25) is 0 Å². The van der Waals surface area contributed by atoms with Crippen LogP contribution in [0.4, 0.5) is 5.82 Å². The zero-order valence-electron chi connectivity index (χ0n) is 11.3. The first-order valence-electron chi connectivity index (χ1n) is 5.88. The number of aliphatic hydroxyl groups is 3. The van der Waals surface area contributed by atoms with Crippen LogP contribution in [0.3, 0.4) is 0 Å². The van der Waals surface area contributed by atoms with Gasteiger partial charge in [-0.15, -0.1) is 0 Å². The molecule has 0 radical (unpaired) electrons. The van der Waals surface area contributed by atoms with Crippen LogP contribution in [-0.4, -0.2) is 55.2 Å². The smallest absolute Gasteiger partial charge is 0.390 e. The van der Waals surface area contributed by atoms with Crippen molar-refractivity contribution in [2.75, 3.05) is 5.32 Å². The molecule has 4 atom stereocenters. The molecule has 4 unspecified atom stereocenters. The number of nitrogens with zero attached hydrogens (tertiary/aromatic N) is 2. The molecule has 0 bridgehead atoms. The lowest BCUT2D eigenvalue weighted by Crippen LogP contribution is -2.50. The van der Waals surface area contributed by atoms with E-state index in [-0.39, 0.29) is 5.69 Å². The molecule has 22 heavy (non-hydrogen) atoms. The molecule has 0 saturated heterocycles. The molecule has 1 aliphatic rings. The summed E-state index contributed by atoms with van der Waals surface area (Å²) in [7, 11) is -4.67. The van der Waals surface area contributed by atoms with E-state index in [0.717, 1.165) is 0 Å². The van der Waals surface area contributed by atoms with E-state index in [1.807, 2.05) is 0 Å². The van der Waals surface area contributed by atoms with E-state index < -0.39 is 35.1 Å². The lowest BCUT2D eigenvalue weighted by atomic mass is 10.1. The van der Waals surface area contributed by atoms with E-state index in [1.165, 1.54) is 13.1 Å². The monoisotopic (exact) mass is 339 g/mol. The summed E-state index contributed by atoms with van der Waals surface area (Å²) in [5, 5.41) is 33.9. The van der Waals surface area contributed by atoms with E-state index in [0.29, 0.717) is 11.5 Å². The predicted octanol–water partition coefficient (Wildman–Crippen LogP) is -2.51. The lowest BCUT2D eigenvalue weighted by Gasteiger charge is -2.28. The van der Waals surface area contributed by atoms with Crippen LogP contribution in [0.5, 0.6) is 0 Å². The number of nitrogens with one attached hydrogen (secondary N) is 2. The summed E-state index contributed by atoms with van der Waals surface area (Å²) >= 11 is 0. The Morgan fingerprint density at radius 1 is 1.36 bits per heavy atom. The van der Waals surface area contributed by atoms with Crippen molar-refractivity contribution in [2.45, 2.75) is 31.6 Å². The first-order valence-corrected chi connectivity index (χ1v) is 7.28. The Morgan fingerprint density at radius 2 is 1.91 bits per heavy atom. The Morgan fingerprint density at radius 3 is 2.41 bits per heavy atom. The molecular formula is C9H17N5O7S. The zero-order chi connectivity index (χ0) is 17.1. The van der Waals surface area contributed by atoms with Crippen LogP contribution in [0.1, 0.15) is 30.6 Å². The number of anilines is 1. The number of hydrogen-bond acceptors (Lipinski definition) is 10. The van der Waals surface area contributed by atoms with Crippen LogP contribution in [0.2, 0.25) is 0 Å². The average Bonchev–Trinajstić information content (AvgIpc) is 2.34. The van der Waals surface area contributed by atoms with Gasteiger partial charge in [-0.3, -0.25) is 25.1 Å². The van der Waals surface area contributed by atoms with Gasteiger partial charge >= 0.3 is 10.4 Å². The Labute approximate surface area is 125 Å². The first kappa shape index (κ1) is 18.6. The molecular weight excluding hydrogens is 322 g/mol. The van der Waals surface area contributed by atoms with Crippen molar-refractivity contribution in [3.63, 3.8) is 0 Å². The van der Waals surface area contributed by atoms with Crippen LogP contribution in [0.25, 0.3) is 0 Å². The van der Waals surface area contributed by atoms with Crippen LogP contribution < -0.4 is 16.4 Å². The highest BCUT2D eigenvalue weighted by Crippen LogP contribution is 2.24. The van der Waals surface area contributed by atoms with Crippen LogP contribution >= 0.6 is 0 Å². The molecule has 0 saturated carbocycles. The SMILES string of the molecule is CC(O)C(O)c1cnc2c(n1)NC(N)NC2O.O=S(=O)(O)O. The Kier molecular flexibility index (Phi) is 6.09. The van der Waals surface area contributed by atoms with Gasteiger partial charge in [0.25, 0.3) is 0 Å². The molecule has 1 aromatic rings. The summed E-state index contributed by atoms with van der Waals surface area (Å²) in [6.45, 7) is 1.45. The van der Waals surface area contributed by atoms with Crippen LogP contribution in [-0.2, 0) is 10.4 Å². The quantitative estimate of drug-likeness (QED) is 0.262. The molecule has 0 amide bonds. The lowest BCUT2D eigenvalue weighted by molar-refractivity contribution is 0.0274. The van der Waals surface area contributed by atoms with Crippen LogP contribution in [0.15, 0.2) is 6.20 Å². The fourth-order valence-electron chi connectivity index (χ4n) is 1.55. The van der Waals surface area contributed by atoms with Gasteiger partial charge in [-0.1, -0.05) is 0 Å². The highest BCUT2D eigenvalue weighted by atomic mass is 32.3. The minimum absolute atomic E-state index is 0.215. The maximum absolute atomic E-state index is 9.64. The predicted molar refractivity (Wildman–Crippen MR) is 72.5 cm³/mol. The Hall–Kier alpha value is -1.45. The topological polar surface area (TPSA) is 211 Å². The van der Waals surface area contributed by atoms with E-state index >= 15 is 0 Å². The maximum Gasteiger partial charge on any atom is 0.394 e.